The molecule has 1 aliphatic heterocycles. The molecule has 8 nitrogen and oxygen atoms in total. The van der Waals surface area contributed by atoms with Gasteiger partial charge in [-0.25, -0.2) is 23.1 Å². The summed E-state index contributed by atoms with van der Waals surface area (Å²) in [4.78, 5) is 23.8. The highest BCUT2D eigenvalue weighted by atomic mass is 19.3. The molecule has 1 atom stereocenters. The first-order chi connectivity index (χ1) is 12.1. The lowest BCUT2D eigenvalue weighted by Gasteiger charge is -2.39. The topological polar surface area (TPSA) is 103 Å². The monoisotopic (exact) mass is 381 g/mol. The molecule has 0 aromatic carbocycles. The number of esters is 2. The standard InChI is InChI=1S/C14H15F4N3O5/c1-3-25-10(22)7-5-20-21-9(7)19-6-8(11(23)26-4-2)14(21,24)13(17,18)12(15)16/h5-6,12,19,24H,3-4H2,1-2H3. The first-order valence-corrected chi connectivity index (χ1v) is 7.41. The van der Waals surface area contributed by atoms with Crippen molar-refractivity contribution >= 4 is 17.8 Å². The van der Waals surface area contributed by atoms with Gasteiger partial charge in [0.25, 0.3) is 5.72 Å². The van der Waals surface area contributed by atoms with Crippen molar-refractivity contribution in [1.29, 1.82) is 0 Å². The van der Waals surface area contributed by atoms with Gasteiger partial charge in [-0.05, 0) is 13.8 Å². The Morgan fingerprint density at radius 1 is 1.31 bits per heavy atom. The van der Waals surface area contributed by atoms with Crippen molar-refractivity contribution in [2.45, 2.75) is 31.9 Å². The van der Waals surface area contributed by atoms with E-state index in [9.17, 15) is 32.3 Å². The number of ether oxygens (including phenoxy) is 2. The van der Waals surface area contributed by atoms with Crippen molar-refractivity contribution in [1.82, 2.24) is 9.78 Å². The Kier molecular flexibility index (Phi) is 5.26. The Balaban J connectivity index is 2.66. The Hall–Kier alpha value is -2.63. The molecule has 0 aliphatic carbocycles. The highest BCUT2D eigenvalue weighted by Gasteiger charge is 2.67. The number of carbonyl (C=O) groups is 2. The van der Waals surface area contributed by atoms with E-state index in [1.54, 1.807) is 0 Å². The molecule has 1 aliphatic rings. The van der Waals surface area contributed by atoms with E-state index in [4.69, 9.17) is 4.74 Å². The molecule has 0 fully saturated rings. The Morgan fingerprint density at radius 2 is 1.88 bits per heavy atom. The van der Waals surface area contributed by atoms with Gasteiger partial charge in [0.15, 0.2) is 0 Å². The zero-order chi connectivity index (χ0) is 19.7. The number of nitrogens with zero attached hydrogens (tertiary/aromatic N) is 2. The molecule has 26 heavy (non-hydrogen) atoms. The molecule has 2 heterocycles. The SMILES string of the molecule is CCOC(=O)C1=CNc2c(C(=O)OCC)cnn2C1(O)C(F)(F)C(F)F. The lowest BCUT2D eigenvalue weighted by atomic mass is 9.94. The van der Waals surface area contributed by atoms with Crippen LogP contribution in [0.1, 0.15) is 24.2 Å². The third kappa shape index (κ3) is 2.79. The fraction of sp³-hybridized carbons (Fsp3) is 0.500. The predicted octanol–water partition coefficient (Wildman–Crippen LogP) is 1.48. The minimum atomic E-state index is -5.14. The quantitative estimate of drug-likeness (QED) is 0.568. The van der Waals surface area contributed by atoms with Crippen LogP contribution < -0.4 is 5.32 Å². The number of hydrogen-bond donors (Lipinski definition) is 2. The number of carbonyl (C=O) groups excluding carboxylic acids is 2. The summed E-state index contributed by atoms with van der Waals surface area (Å²) in [6, 6.07) is 0. The van der Waals surface area contributed by atoms with Gasteiger partial charge < -0.3 is 19.9 Å². The van der Waals surface area contributed by atoms with Crippen LogP contribution in [-0.2, 0) is 20.0 Å². The van der Waals surface area contributed by atoms with Crippen LogP contribution in [-0.4, -0.2) is 52.4 Å². The molecule has 0 saturated carbocycles. The van der Waals surface area contributed by atoms with Crippen molar-refractivity contribution in [3.63, 3.8) is 0 Å². The van der Waals surface area contributed by atoms with Crippen molar-refractivity contribution in [2.75, 3.05) is 18.5 Å². The third-order valence-corrected chi connectivity index (χ3v) is 3.53. The zero-order valence-corrected chi connectivity index (χ0v) is 13.6. The number of fused-ring (bicyclic) bond motifs is 1. The summed E-state index contributed by atoms with van der Waals surface area (Å²) in [6.07, 6.45) is -3.05. The van der Waals surface area contributed by atoms with Crippen LogP contribution in [0.25, 0.3) is 0 Å². The average Bonchev–Trinajstić information content (AvgIpc) is 3.00. The molecular weight excluding hydrogens is 366 g/mol. The van der Waals surface area contributed by atoms with E-state index in [2.05, 4.69) is 15.2 Å². The molecule has 1 aromatic heterocycles. The summed E-state index contributed by atoms with van der Waals surface area (Å²) < 4.78 is 63.8. The zero-order valence-electron chi connectivity index (χ0n) is 13.6. The van der Waals surface area contributed by atoms with Gasteiger partial charge in [-0.15, -0.1) is 0 Å². The number of rotatable bonds is 6. The van der Waals surface area contributed by atoms with Gasteiger partial charge in [0.05, 0.1) is 19.4 Å². The summed E-state index contributed by atoms with van der Waals surface area (Å²) in [7, 11) is 0. The molecule has 0 bridgehead atoms. The highest BCUT2D eigenvalue weighted by Crippen LogP contribution is 2.47. The molecule has 1 unspecified atom stereocenters. The summed E-state index contributed by atoms with van der Waals surface area (Å²) in [5, 5.41) is 16.2. The molecule has 12 heteroatoms. The van der Waals surface area contributed by atoms with Crippen LogP contribution in [0.15, 0.2) is 18.0 Å². The van der Waals surface area contributed by atoms with Crippen LogP contribution in [0.2, 0.25) is 0 Å². The van der Waals surface area contributed by atoms with Gasteiger partial charge in [-0.2, -0.15) is 13.9 Å². The van der Waals surface area contributed by atoms with E-state index in [-0.39, 0.29) is 17.9 Å². The maximum Gasteiger partial charge on any atom is 0.360 e. The van der Waals surface area contributed by atoms with E-state index in [0.717, 1.165) is 6.20 Å². The first-order valence-electron chi connectivity index (χ1n) is 7.41. The van der Waals surface area contributed by atoms with Crippen LogP contribution in [0.4, 0.5) is 23.4 Å². The van der Waals surface area contributed by atoms with E-state index in [1.165, 1.54) is 13.8 Å². The van der Waals surface area contributed by atoms with E-state index in [0.29, 0.717) is 6.20 Å². The number of alkyl halides is 4. The molecule has 2 rings (SSSR count). The number of aromatic nitrogens is 2. The minimum Gasteiger partial charge on any atom is -0.462 e. The number of halogens is 4. The molecule has 144 valence electrons. The van der Waals surface area contributed by atoms with Crippen LogP contribution >= 0.6 is 0 Å². The largest absolute Gasteiger partial charge is 0.462 e. The van der Waals surface area contributed by atoms with Crippen molar-refractivity contribution in [3.8, 4) is 0 Å². The maximum atomic E-state index is 14.3. The van der Waals surface area contributed by atoms with Gasteiger partial charge in [-0.3, -0.25) is 0 Å². The van der Waals surface area contributed by atoms with Crippen LogP contribution in [0, 0.1) is 0 Å². The van der Waals surface area contributed by atoms with Crippen molar-refractivity contribution < 1.29 is 41.7 Å². The third-order valence-electron chi connectivity index (χ3n) is 3.53. The molecule has 1 aromatic rings. The molecule has 0 saturated heterocycles. The van der Waals surface area contributed by atoms with Gasteiger partial charge in [-0.1, -0.05) is 0 Å². The lowest BCUT2D eigenvalue weighted by molar-refractivity contribution is -0.266. The van der Waals surface area contributed by atoms with Crippen LogP contribution in [0.5, 0.6) is 0 Å². The van der Waals surface area contributed by atoms with E-state index < -0.39 is 47.0 Å². The molecular formula is C14H15F4N3O5. The number of hydrogen-bond acceptors (Lipinski definition) is 7. The van der Waals surface area contributed by atoms with Gasteiger partial charge in [0.2, 0.25) is 0 Å². The van der Waals surface area contributed by atoms with Gasteiger partial charge in [0.1, 0.15) is 17.0 Å². The number of aliphatic hydroxyl groups is 1. The smallest absolute Gasteiger partial charge is 0.360 e. The minimum absolute atomic E-state index is 0.0394. The second kappa shape index (κ2) is 6.94. The lowest BCUT2D eigenvalue weighted by Crippen LogP contribution is -2.59. The van der Waals surface area contributed by atoms with Gasteiger partial charge >= 0.3 is 24.3 Å². The Bertz CT molecular complexity index is 749. The molecule has 2 N–H and O–H groups in total. The van der Waals surface area contributed by atoms with Gasteiger partial charge in [0, 0.05) is 6.20 Å². The Morgan fingerprint density at radius 3 is 2.42 bits per heavy atom. The van der Waals surface area contributed by atoms with Crippen LogP contribution in [0.3, 0.4) is 0 Å². The molecule has 0 spiro atoms. The fourth-order valence-corrected chi connectivity index (χ4v) is 2.33. The number of anilines is 1. The van der Waals surface area contributed by atoms with Crippen molar-refractivity contribution in [3.05, 3.63) is 23.5 Å². The second-order valence-electron chi connectivity index (χ2n) is 5.06. The average molecular weight is 381 g/mol. The summed E-state index contributed by atoms with van der Waals surface area (Å²) >= 11 is 0. The summed E-state index contributed by atoms with van der Waals surface area (Å²) in [5.74, 6) is -8.13. The molecule has 0 amide bonds. The van der Waals surface area contributed by atoms with E-state index >= 15 is 0 Å². The summed E-state index contributed by atoms with van der Waals surface area (Å²) in [6.45, 7) is 2.54. The van der Waals surface area contributed by atoms with E-state index in [1.807, 2.05) is 0 Å². The normalized spacial score (nSPS) is 19.5. The summed E-state index contributed by atoms with van der Waals surface area (Å²) in [5.41, 5.74) is -5.48. The predicted molar refractivity (Wildman–Crippen MR) is 77.7 cm³/mol. The highest BCUT2D eigenvalue weighted by molar-refractivity contribution is 5.97. The molecule has 0 radical (unpaired) electrons. The second-order valence-corrected chi connectivity index (χ2v) is 5.06. The fourth-order valence-electron chi connectivity index (χ4n) is 2.33. The first kappa shape index (κ1) is 19.7. The number of nitrogens with one attached hydrogen (secondary N) is 1. The maximum absolute atomic E-state index is 14.3. The van der Waals surface area contributed by atoms with Crippen molar-refractivity contribution in [2.24, 2.45) is 0 Å². The Labute approximate surface area is 144 Å².